The Balaban J connectivity index is 0.000000408. The molecule has 1 heterocycles. The minimum absolute atomic E-state index is 0.388. The number of benzene rings is 2. The van der Waals surface area contributed by atoms with E-state index in [1.807, 2.05) is 30.3 Å². The predicted molar refractivity (Wildman–Crippen MR) is 77.9 cm³/mol. The lowest BCUT2D eigenvalue weighted by atomic mass is 10.1. The summed E-state index contributed by atoms with van der Waals surface area (Å²) in [7, 11) is -0.750. The molecular formula is C13H11BO4S. The second-order valence-corrected chi connectivity index (χ2v) is 4.78. The highest BCUT2D eigenvalue weighted by Crippen LogP contribution is 2.35. The van der Waals surface area contributed by atoms with E-state index in [2.05, 4.69) is 0 Å². The Bertz CT molecular complexity index is 723. The van der Waals surface area contributed by atoms with Gasteiger partial charge in [-0.3, -0.25) is 0 Å². The van der Waals surface area contributed by atoms with Crippen LogP contribution in [-0.2, 0) is 0 Å². The summed E-state index contributed by atoms with van der Waals surface area (Å²) in [6.07, 6.45) is 0. The molecule has 0 radical (unpaired) electrons. The Morgan fingerprint density at radius 1 is 1.00 bits per heavy atom. The molecular weight excluding hydrogens is 263 g/mol. The quantitative estimate of drug-likeness (QED) is 0.593. The number of fused-ring (bicyclic) bond motifs is 3. The summed E-state index contributed by atoms with van der Waals surface area (Å²) in [4.78, 5) is 11.1. The number of hydrogen-bond acceptors (Lipinski definition) is 4. The molecule has 3 N–H and O–H groups in total. The van der Waals surface area contributed by atoms with Crippen LogP contribution in [0.15, 0.2) is 42.5 Å². The van der Waals surface area contributed by atoms with Gasteiger partial charge in [0.2, 0.25) is 0 Å². The van der Waals surface area contributed by atoms with E-state index in [9.17, 15) is 4.79 Å². The first-order valence-corrected chi connectivity index (χ1v) is 6.36. The lowest BCUT2D eigenvalue weighted by molar-refractivity contribution is 0.0699. The van der Waals surface area contributed by atoms with Crippen molar-refractivity contribution in [2.24, 2.45) is 0 Å². The van der Waals surface area contributed by atoms with Crippen molar-refractivity contribution in [3.05, 3.63) is 48.0 Å². The Hall–Kier alpha value is -1.89. The molecule has 0 amide bonds. The summed E-state index contributed by atoms with van der Waals surface area (Å²) < 4.78 is 1.99. The number of carbonyl (C=O) groups is 1. The first kappa shape index (κ1) is 13.5. The molecule has 3 rings (SSSR count). The summed E-state index contributed by atoms with van der Waals surface area (Å²) in [5.74, 6) is -0.864. The third-order valence-electron chi connectivity index (χ3n) is 2.63. The maximum absolute atomic E-state index is 11.1. The molecule has 0 unspecified atom stereocenters. The molecule has 0 aliphatic carbocycles. The molecule has 2 aromatic carbocycles. The molecule has 0 saturated carbocycles. The molecule has 19 heavy (non-hydrogen) atoms. The van der Waals surface area contributed by atoms with E-state index >= 15 is 0 Å². The summed E-state index contributed by atoms with van der Waals surface area (Å²) in [6, 6.07) is 13.4. The molecule has 0 spiro atoms. The maximum Gasteiger partial charge on any atom is 0.432 e. The second-order valence-electron chi connectivity index (χ2n) is 3.73. The molecule has 3 aromatic rings. The van der Waals surface area contributed by atoms with Crippen molar-refractivity contribution < 1.29 is 19.9 Å². The van der Waals surface area contributed by atoms with Crippen molar-refractivity contribution in [2.45, 2.75) is 0 Å². The Kier molecular flexibility index (Phi) is 4.16. The van der Waals surface area contributed by atoms with Gasteiger partial charge in [0, 0.05) is 15.5 Å². The molecule has 6 heteroatoms. The third kappa shape index (κ3) is 2.60. The monoisotopic (exact) mass is 274 g/mol. The first-order chi connectivity index (χ1) is 9.19. The van der Waals surface area contributed by atoms with Crippen LogP contribution in [0, 0.1) is 0 Å². The second kappa shape index (κ2) is 5.84. The molecule has 0 saturated heterocycles. The average molecular weight is 274 g/mol. The number of carboxylic acids is 1. The fourth-order valence-corrected chi connectivity index (χ4v) is 3.12. The highest BCUT2D eigenvalue weighted by Gasteiger charge is 2.12. The maximum atomic E-state index is 11.1. The predicted octanol–water partition coefficient (Wildman–Crippen LogP) is 1.99. The number of rotatable bonds is 1. The van der Waals surface area contributed by atoms with Crippen LogP contribution in [-0.4, -0.2) is 28.8 Å². The Morgan fingerprint density at radius 2 is 1.63 bits per heavy atom. The van der Waals surface area contributed by atoms with Gasteiger partial charge in [0.25, 0.3) is 0 Å². The van der Waals surface area contributed by atoms with Crippen molar-refractivity contribution in [1.82, 2.24) is 0 Å². The van der Waals surface area contributed by atoms with E-state index in [0.29, 0.717) is 5.56 Å². The van der Waals surface area contributed by atoms with Gasteiger partial charge < -0.3 is 15.2 Å². The van der Waals surface area contributed by atoms with Crippen LogP contribution >= 0.6 is 11.3 Å². The van der Waals surface area contributed by atoms with Gasteiger partial charge in [0.15, 0.2) is 0 Å². The molecule has 4 nitrogen and oxygen atoms in total. The number of thiophene rings is 1. The molecule has 0 aliphatic rings. The molecule has 0 fully saturated rings. The van der Waals surface area contributed by atoms with E-state index in [1.165, 1.54) is 11.3 Å². The lowest BCUT2D eigenvalue weighted by Crippen LogP contribution is -1.94. The van der Waals surface area contributed by atoms with Crippen LogP contribution in [0.1, 0.15) is 10.4 Å². The smallest absolute Gasteiger partial charge is 0.432 e. The van der Waals surface area contributed by atoms with Gasteiger partial charge in [-0.2, -0.15) is 0 Å². The number of hydrogen-bond donors (Lipinski definition) is 3. The van der Waals surface area contributed by atoms with Gasteiger partial charge in [-0.05, 0) is 12.1 Å². The molecule has 0 aliphatic heterocycles. The van der Waals surface area contributed by atoms with Gasteiger partial charge >= 0.3 is 13.7 Å². The third-order valence-corrected chi connectivity index (χ3v) is 3.85. The van der Waals surface area contributed by atoms with Crippen molar-refractivity contribution in [2.75, 3.05) is 0 Å². The summed E-state index contributed by atoms with van der Waals surface area (Å²) in [6.45, 7) is 0. The SMILES string of the molecule is O=C(O)c1cccc2c1sc1ccccc12.OBO. The largest absolute Gasteiger partial charge is 0.478 e. The summed E-state index contributed by atoms with van der Waals surface area (Å²) in [5, 5.41) is 25.5. The van der Waals surface area contributed by atoms with Crippen LogP contribution in [0.2, 0.25) is 0 Å². The van der Waals surface area contributed by atoms with Crippen molar-refractivity contribution in [3.63, 3.8) is 0 Å². The van der Waals surface area contributed by atoms with Gasteiger partial charge in [0.1, 0.15) is 0 Å². The minimum atomic E-state index is -0.864. The average Bonchev–Trinajstić information content (AvgIpc) is 2.77. The fraction of sp³-hybridized carbons (Fsp3) is 0. The summed E-state index contributed by atoms with van der Waals surface area (Å²) >= 11 is 1.54. The van der Waals surface area contributed by atoms with E-state index in [0.717, 1.165) is 20.2 Å². The van der Waals surface area contributed by atoms with E-state index in [4.69, 9.17) is 15.2 Å². The van der Waals surface area contributed by atoms with Gasteiger partial charge in [-0.1, -0.05) is 30.3 Å². The topological polar surface area (TPSA) is 77.8 Å². The molecule has 96 valence electrons. The van der Waals surface area contributed by atoms with Crippen LogP contribution in [0.25, 0.3) is 20.2 Å². The standard InChI is InChI=1S/C13H8O2S.BH3O2/c14-13(15)10-6-3-5-9-8-4-1-2-7-11(8)16-12(9)10;2-1-3/h1-7H,(H,14,15);1-3H. The Labute approximate surface area is 113 Å². The van der Waals surface area contributed by atoms with Crippen molar-refractivity contribution in [1.29, 1.82) is 0 Å². The fourth-order valence-electron chi connectivity index (χ4n) is 1.92. The first-order valence-electron chi connectivity index (χ1n) is 5.54. The molecule has 0 bridgehead atoms. The Morgan fingerprint density at radius 3 is 2.32 bits per heavy atom. The van der Waals surface area contributed by atoms with Crippen LogP contribution in [0.3, 0.4) is 0 Å². The highest BCUT2D eigenvalue weighted by molar-refractivity contribution is 7.26. The molecule has 0 atom stereocenters. The minimum Gasteiger partial charge on any atom is -0.478 e. The van der Waals surface area contributed by atoms with Crippen molar-refractivity contribution >= 4 is 45.2 Å². The van der Waals surface area contributed by atoms with Crippen molar-refractivity contribution in [3.8, 4) is 0 Å². The van der Waals surface area contributed by atoms with Gasteiger partial charge in [0.05, 0.1) is 10.3 Å². The normalized spacial score (nSPS) is 10.0. The number of aromatic carboxylic acids is 1. The van der Waals surface area contributed by atoms with Gasteiger partial charge in [-0.15, -0.1) is 11.3 Å². The highest BCUT2D eigenvalue weighted by atomic mass is 32.1. The van der Waals surface area contributed by atoms with Gasteiger partial charge in [-0.25, -0.2) is 4.79 Å². The zero-order valence-corrected chi connectivity index (χ0v) is 10.7. The zero-order valence-electron chi connectivity index (χ0n) is 9.91. The summed E-state index contributed by atoms with van der Waals surface area (Å²) in [5.41, 5.74) is 0.388. The van der Waals surface area contributed by atoms with E-state index in [-0.39, 0.29) is 0 Å². The number of carboxylic acid groups (broad SMARTS) is 1. The zero-order chi connectivity index (χ0) is 13.8. The lowest BCUT2D eigenvalue weighted by Gasteiger charge is -1.95. The van der Waals surface area contributed by atoms with Crippen LogP contribution < -0.4 is 0 Å². The van der Waals surface area contributed by atoms with Crippen LogP contribution in [0.5, 0.6) is 0 Å². The van der Waals surface area contributed by atoms with E-state index in [1.54, 1.807) is 12.1 Å². The molecule has 1 aromatic heterocycles. The van der Waals surface area contributed by atoms with E-state index < -0.39 is 13.7 Å². The van der Waals surface area contributed by atoms with Crippen LogP contribution in [0.4, 0.5) is 0 Å².